The monoisotopic (exact) mass is 312 g/mol. The topological polar surface area (TPSA) is 88.1 Å². The highest BCUT2D eigenvalue weighted by atomic mass is 16.6. The van der Waals surface area contributed by atoms with E-state index in [1.807, 2.05) is 0 Å². The quantitative estimate of drug-likeness (QED) is 0.563. The average molecular weight is 312 g/mol. The van der Waals surface area contributed by atoms with Crippen molar-refractivity contribution in [2.45, 2.75) is 44.3 Å². The van der Waals surface area contributed by atoms with Gasteiger partial charge in [0.25, 0.3) is 0 Å². The van der Waals surface area contributed by atoms with Crippen LogP contribution < -0.4 is 0 Å². The zero-order valence-electron chi connectivity index (χ0n) is 13.2. The van der Waals surface area contributed by atoms with E-state index >= 15 is 0 Å². The van der Waals surface area contributed by atoms with Crippen molar-refractivity contribution in [3.8, 4) is 0 Å². The maximum atomic E-state index is 12.5. The van der Waals surface area contributed by atoms with Crippen molar-refractivity contribution in [2.75, 3.05) is 20.8 Å². The molecule has 0 saturated carbocycles. The largest absolute Gasteiger partial charge is 0.466 e. The molecule has 2 aliphatic rings. The fraction of sp³-hybridized carbons (Fsp3) is 0.667. The molecule has 0 radical (unpaired) electrons. The highest BCUT2D eigenvalue weighted by Gasteiger charge is 2.64. The van der Waals surface area contributed by atoms with E-state index in [1.54, 1.807) is 13.8 Å². The molecule has 0 N–H and O–H groups in total. The Kier molecular flexibility index (Phi) is 4.28. The summed E-state index contributed by atoms with van der Waals surface area (Å²) in [5.74, 6) is -2.16. The van der Waals surface area contributed by atoms with Crippen LogP contribution in [0.15, 0.2) is 11.1 Å². The third-order valence-corrected chi connectivity index (χ3v) is 4.15. The number of ether oxygens (including phenoxy) is 4. The minimum atomic E-state index is -1.60. The Balaban J connectivity index is 2.67. The molecule has 2 atom stereocenters. The molecular weight excluding hydrogens is 292 g/mol. The lowest BCUT2D eigenvalue weighted by molar-refractivity contribution is -0.187. The second kappa shape index (κ2) is 5.72. The first kappa shape index (κ1) is 16.5. The second-order valence-electron chi connectivity index (χ2n) is 5.47. The first-order valence-corrected chi connectivity index (χ1v) is 7.15. The molecule has 0 aliphatic carbocycles. The Morgan fingerprint density at radius 2 is 1.68 bits per heavy atom. The standard InChI is InChI=1S/C15H20O7/c1-5-21-13(18)15-8-6-7-14(2,22-15)9(11(16)19-3)10(15)12(17)20-4/h5-8H2,1-4H3. The van der Waals surface area contributed by atoms with Crippen molar-refractivity contribution >= 4 is 17.9 Å². The fourth-order valence-corrected chi connectivity index (χ4v) is 3.26. The van der Waals surface area contributed by atoms with Crippen molar-refractivity contribution in [2.24, 2.45) is 0 Å². The number of esters is 3. The van der Waals surface area contributed by atoms with Crippen LogP contribution in [-0.4, -0.2) is 49.9 Å². The van der Waals surface area contributed by atoms with Crippen LogP contribution in [0.4, 0.5) is 0 Å². The number of methoxy groups -OCH3 is 2. The Morgan fingerprint density at radius 1 is 1.09 bits per heavy atom. The predicted octanol–water partition coefficient (Wildman–Crippen LogP) is 0.904. The number of carbonyl (C=O) groups excluding carboxylic acids is 3. The summed E-state index contributed by atoms with van der Waals surface area (Å²) in [5.41, 5.74) is -2.71. The maximum Gasteiger partial charge on any atom is 0.343 e. The lowest BCUT2D eigenvalue weighted by Gasteiger charge is -2.38. The summed E-state index contributed by atoms with van der Waals surface area (Å²) in [6.45, 7) is 3.47. The molecule has 2 bridgehead atoms. The van der Waals surface area contributed by atoms with Gasteiger partial charge in [0.15, 0.2) is 5.60 Å². The van der Waals surface area contributed by atoms with Gasteiger partial charge in [-0.2, -0.15) is 0 Å². The molecule has 122 valence electrons. The van der Waals surface area contributed by atoms with E-state index in [9.17, 15) is 14.4 Å². The van der Waals surface area contributed by atoms with Crippen LogP contribution in [0.3, 0.4) is 0 Å². The molecule has 2 aliphatic heterocycles. The number of rotatable bonds is 4. The molecule has 0 aromatic carbocycles. The van der Waals surface area contributed by atoms with Gasteiger partial charge in [-0.25, -0.2) is 14.4 Å². The summed E-state index contributed by atoms with van der Waals surface area (Å²) in [5, 5.41) is 0. The third kappa shape index (κ3) is 2.20. The van der Waals surface area contributed by atoms with Crippen LogP contribution in [0.5, 0.6) is 0 Å². The van der Waals surface area contributed by atoms with Crippen molar-refractivity contribution in [3.63, 3.8) is 0 Å². The second-order valence-corrected chi connectivity index (χ2v) is 5.47. The van der Waals surface area contributed by atoms with Crippen molar-refractivity contribution < 1.29 is 33.3 Å². The van der Waals surface area contributed by atoms with Crippen LogP contribution in [0.2, 0.25) is 0 Å². The normalized spacial score (nSPS) is 30.0. The van der Waals surface area contributed by atoms with E-state index in [-0.39, 0.29) is 24.2 Å². The average Bonchev–Trinajstić information content (AvgIpc) is 2.69. The van der Waals surface area contributed by atoms with E-state index in [4.69, 9.17) is 18.9 Å². The van der Waals surface area contributed by atoms with Gasteiger partial charge in [0.05, 0.1) is 32.0 Å². The van der Waals surface area contributed by atoms with Gasteiger partial charge in [-0.05, 0) is 33.1 Å². The molecule has 1 saturated heterocycles. The molecule has 2 rings (SSSR count). The number of hydrogen-bond donors (Lipinski definition) is 0. The molecule has 7 nitrogen and oxygen atoms in total. The summed E-state index contributed by atoms with van der Waals surface area (Å²) in [6.07, 6.45) is 1.36. The van der Waals surface area contributed by atoms with Crippen LogP contribution in [-0.2, 0) is 33.3 Å². The first-order valence-electron chi connectivity index (χ1n) is 7.15. The molecule has 1 fully saturated rings. The minimum Gasteiger partial charge on any atom is -0.466 e. The van der Waals surface area contributed by atoms with Crippen LogP contribution >= 0.6 is 0 Å². The van der Waals surface area contributed by atoms with Gasteiger partial charge in [0, 0.05) is 0 Å². The van der Waals surface area contributed by atoms with Gasteiger partial charge in [-0.15, -0.1) is 0 Å². The van der Waals surface area contributed by atoms with Crippen molar-refractivity contribution in [3.05, 3.63) is 11.1 Å². The van der Waals surface area contributed by atoms with E-state index in [0.29, 0.717) is 12.8 Å². The maximum absolute atomic E-state index is 12.5. The Morgan fingerprint density at radius 3 is 2.23 bits per heavy atom. The van der Waals surface area contributed by atoms with Gasteiger partial charge in [-0.3, -0.25) is 0 Å². The van der Waals surface area contributed by atoms with Crippen molar-refractivity contribution in [1.29, 1.82) is 0 Å². The third-order valence-electron chi connectivity index (χ3n) is 4.15. The van der Waals surface area contributed by atoms with Gasteiger partial charge in [0.2, 0.25) is 0 Å². The van der Waals surface area contributed by atoms with Crippen LogP contribution in [0.25, 0.3) is 0 Å². The molecule has 0 spiro atoms. The van der Waals surface area contributed by atoms with Crippen molar-refractivity contribution in [1.82, 2.24) is 0 Å². The van der Waals surface area contributed by atoms with E-state index in [0.717, 1.165) is 0 Å². The Hall–Kier alpha value is -1.89. The summed E-state index contributed by atoms with van der Waals surface area (Å²) in [4.78, 5) is 36.9. The highest BCUT2D eigenvalue weighted by Crippen LogP contribution is 2.52. The summed E-state index contributed by atoms with van der Waals surface area (Å²) >= 11 is 0. The molecule has 0 aromatic heterocycles. The molecule has 2 unspecified atom stereocenters. The minimum absolute atomic E-state index is 0.0485. The van der Waals surface area contributed by atoms with E-state index < -0.39 is 29.1 Å². The zero-order valence-corrected chi connectivity index (χ0v) is 13.2. The molecule has 7 heteroatoms. The molecular formula is C15H20O7. The van der Waals surface area contributed by atoms with Crippen LogP contribution in [0, 0.1) is 0 Å². The highest BCUT2D eigenvalue weighted by molar-refractivity contribution is 6.09. The van der Waals surface area contributed by atoms with Gasteiger partial charge in [-0.1, -0.05) is 0 Å². The lowest BCUT2D eigenvalue weighted by atomic mass is 9.88. The Labute approximate surface area is 128 Å². The SMILES string of the molecule is CCOC(=O)C12CCCC(C)(O1)C(C(=O)OC)=C2C(=O)OC. The van der Waals surface area contributed by atoms with Gasteiger partial charge >= 0.3 is 17.9 Å². The summed E-state index contributed by atoms with van der Waals surface area (Å²) < 4.78 is 20.5. The summed E-state index contributed by atoms with van der Waals surface area (Å²) in [7, 11) is 2.40. The summed E-state index contributed by atoms with van der Waals surface area (Å²) in [6, 6.07) is 0. The molecule has 2 heterocycles. The van der Waals surface area contributed by atoms with Gasteiger partial charge < -0.3 is 18.9 Å². The molecule has 0 aromatic rings. The smallest absolute Gasteiger partial charge is 0.343 e. The molecule has 0 amide bonds. The zero-order chi connectivity index (χ0) is 16.5. The van der Waals surface area contributed by atoms with Gasteiger partial charge in [0.1, 0.15) is 5.60 Å². The lowest BCUT2D eigenvalue weighted by Crippen LogP contribution is -2.49. The van der Waals surface area contributed by atoms with E-state index in [1.165, 1.54) is 14.2 Å². The van der Waals surface area contributed by atoms with Crippen LogP contribution in [0.1, 0.15) is 33.1 Å². The predicted molar refractivity (Wildman–Crippen MR) is 73.8 cm³/mol. The van der Waals surface area contributed by atoms with E-state index in [2.05, 4.69) is 0 Å². The number of carbonyl (C=O) groups is 3. The Bertz CT molecular complexity index is 550. The number of fused-ring (bicyclic) bond motifs is 2. The number of hydrogen-bond acceptors (Lipinski definition) is 7. The first-order chi connectivity index (χ1) is 10.4. The fourth-order valence-electron chi connectivity index (χ4n) is 3.26. The molecule has 22 heavy (non-hydrogen) atoms.